The summed E-state index contributed by atoms with van der Waals surface area (Å²) in [7, 11) is 0.209. The van der Waals surface area contributed by atoms with Gasteiger partial charge in [-0.15, -0.1) is 11.3 Å². The second-order valence-electron chi connectivity index (χ2n) is 9.02. The van der Waals surface area contributed by atoms with Crippen LogP contribution in [0, 0.1) is 18.3 Å². The fourth-order valence-electron chi connectivity index (χ4n) is 4.19. The Labute approximate surface area is 219 Å². The number of fused-ring (bicyclic) bond motifs is 2. The van der Waals surface area contributed by atoms with Crippen molar-refractivity contribution in [3.05, 3.63) is 72.1 Å². The molecule has 0 bridgehead atoms. The van der Waals surface area contributed by atoms with Crippen LogP contribution in [0.3, 0.4) is 0 Å². The molecule has 3 heterocycles. The number of pyridine rings is 1. The van der Waals surface area contributed by atoms with E-state index in [1.807, 2.05) is 56.4 Å². The van der Waals surface area contributed by atoms with Crippen molar-refractivity contribution >= 4 is 53.9 Å². The van der Waals surface area contributed by atoms with Crippen molar-refractivity contribution in [3.63, 3.8) is 0 Å². The zero-order valence-electron chi connectivity index (χ0n) is 20.7. The molecule has 0 aliphatic rings. The summed E-state index contributed by atoms with van der Waals surface area (Å²) >= 11 is 1.50. The van der Waals surface area contributed by atoms with Gasteiger partial charge in [0.2, 0.25) is 10.0 Å². The van der Waals surface area contributed by atoms with E-state index >= 15 is 0 Å². The van der Waals surface area contributed by atoms with E-state index in [2.05, 4.69) is 26.1 Å². The average Bonchev–Trinajstić information content (AvgIpc) is 3.53. The first-order chi connectivity index (χ1) is 17.8. The molecular weight excluding hydrogens is 504 g/mol. The van der Waals surface area contributed by atoms with Gasteiger partial charge >= 0.3 is 0 Å². The normalized spacial score (nSPS) is 11.9. The van der Waals surface area contributed by atoms with E-state index in [9.17, 15) is 13.7 Å². The van der Waals surface area contributed by atoms with E-state index in [4.69, 9.17) is 0 Å². The van der Waals surface area contributed by atoms with Crippen LogP contribution in [0.5, 0.6) is 0 Å². The molecule has 0 atom stereocenters. The lowest BCUT2D eigenvalue weighted by atomic mass is 10.1. The van der Waals surface area contributed by atoms with Gasteiger partial charge in [0.25, 0.3) is 0 Å². The minimum atomic E-state index is -3.58. The van der Waals surface area contributed by atoms with Crippen LogP contribution < -0.4 is 10.0 Å². The smallest absolute Gasteiger partial charge is 0.240 e. The van der Waals surface area contributed by atoms with Gasteiger partial charge in [-0.05, 0) is 68.5 Å². The topological polar surface area (TPSA) is 114 Å². The van der Waals surface area contributed by atoms with Gasteiger partial charge in [0, 0.05) is 52.3 Å². The number of thiophene rings is 1. The maximum atomic E-state index is 12.6. The van der Waals surface area contributed by atoms with E-state index in [0.29, 0.717) is 24.3 Å². The van der Waals surface area contributed by atoms with Gasteiger partial charge in [-0.2, -0.15) is 5.26 Å². The second kappa shape index (κ2) is 9.95. The van der Waals surface area contributed by atoms with Gasteiger partial charge in [-0.3, -0.25) is 0 Å². The van der Waals surface area contributed by atoms with Crippen molar-refractivity contribution in [2.24, 2.45) is 0 Å². The van der Waals surface area contributed by atoms with Gasteiger partial charge < -0.3 is 15.2 Å². The lowest BCUT2D eigenvalue weighted by Gasteiger charge is -2.12. The molecule has 2 aromatic carbocycles. The number of likely N-dealkylation sites (N-methyl/N-ethyl adjacent to an activating group) is 1. The Morgan fingerprint density at radius 3 is 2.62 bits per heavy atom. The number of aromatic nitrogens is 2. The minimum absolute atomic E-state index is 0.221. The first kappa shape index (κ1) is 24.9. The standard InChI is InChI=1S/C27H26N6O2S2/c1-17-21-10-11-29-24(21)9-8-23(17)32-26-19(15-28)16-30-27-22(26)14-25(36-27)18-4-6-20(7-5-18)37(34,35)31-12-13-33(2)3/h4-11,14,16,29,31H,12-13H2,1-3H3,(H,30,32). The first-order valence-corrected chi connectivity index (χ1v) is 14.0. The molecule has 3 aromatic heterocycles. The first-order valence-electron chi connectivity index (χ1n) is 11.7. The van der Waals surface area contributed by atoms with Gasteiger partial charge in [-0.1, -0.05) is 12.1 Å². The number of nitrogens with zero attached hydrogens (tertiary/aromatic N) is 3. The summed E-state index contributed by atoms with van der Waals surface area (Å²) in [6.45, 7) is 3.01. The number of nitriles is 1. The van der Waals surface area contributed by atoms with Crippen LogP contribution in [-0.2, 0) is 10.0 Å². The predicted molar refractivity (Wildman–Crippen MR) is 150 cm³/mol. The Kier molecular flexibility index (Phi) is 6.70. The van der Waals surface area contributed by atoms with Crippen LogP contribution in [-0.4, -0.2) is 50.5 Å². The van der Waals surface area contributed by atoms with Gasteiger partial charge in [0.1, 0.15) is 10.9 Å². The van der Waals surface area contributed by atoms with Crippen molar-refractivity contribution in [2.45, 2.75) is 11.8 Å². The summed E-state index contributed by atoms with van der Waals surface area (Å²) in [5.74, 6) is 0. The lowest BCUT2D eigenvalue weighted by molar-refractivity contribution is 0.412. The molecule has 8 nitrogen and oxygen atoms in total. The summed E-state index contributed by atoms with van der Waals surface area (Å²) < 4.78 is 27.8. The van der Waals surface area contributed by atoms with Crippen LogP contribution in [0.1, 0.15) is 11.1 Å². The van der Waals surface area contributed by atoms with Crippen LogP contribution >= 0.6 is 11.3 Å². The molecule has 0 spiro atoms. The molecule has 0 saturated carbocycles. The third-order valence-corrected chi connectivity index (χ3v) is 8.82. The molecule has 3 N–H and O–H groups in total. The predicted octanol–water partition coefficient (Wildman–Crippen LogP) is 5.21. The highest BCUT2D eigenvalue weighted by Gasteiger charge is 2.17. The van der Waals surface area contributed by atoms with Gasteiger partial charge in [0.15, 0.2) is 0 Å². The highest BCUT2D eigenvalue weighted by Crippen LogP contribution is 2.39. The fourth-order valence-corrected chi connectivity index (χ4v) is 6.23. The third-order valence-electron chi connectivity index (χ3n) is 6.25. The molecule has 0 amide bonds. The largest absolute Gasteiger partial charge is 0.361 e. The molecule has 5 rings (SSSR count). The number of rotatable bonds is 8. The number of H-pyrrole nitrogens is 1. The summed E-state index contributed by atoms with van der Waals surface area (Å²) in [5, 5.41) is 15.2. The summed E-state index contributed by atoms with van der Waals surface area (Å²) in [6.07, 6.45) is 3.50. The molecule has 0 aliphatic heterocycles. The van der Waals surface area contributed by atoms with Crippen LogP contribution in [0.15, 0.2) is 65.8 Å². The number of nitrogens with one attached hydrogen (secondary N) is 3. The number of benzene rings is 2. The molecular formula is C27H26N6O2S2. The summed E-state index contributed by atoms with van der Waals surface area (Å²) in [6, 6.07) is 17.1. The zero-order valence-corrected chi connectivity index (χ0v) is 22.3. The molecule has 10 heteroatoms. The van der Waals surface area contributed by atoms with Crippen molar-refractivity contribution in [1.82, 2.24) is 19.6 Å². The molecule has 37 heavy (non-hydrogen) atoms. The Morgan fingerprint density at radius 2 is 1.89 bits per heavy atom. The van der Waals surface area contributed by atoms with E-state index < -0.39 is 10.0 Å². The molecule has 0 radical (unpaired) electrons. The number of aromatic amines is 1. The Hall–Kier alpha value is -3.75. The lowest BCUT2D eigenvalue weighted by Crippen LogP contribution is -2.31. The van der Waals surface area contributed by atoms with Crippen molar-refractivity contribution in [3.8, 4) is 16.5 Å². The average molecular weight is 531 g/mol. The minimum Gasteiger partial charge on any atom is -0.361 e. The van der Waals surface area contributed by atoms with Gasteiger partial charge in [-0.25, -0.2) is 18.1 Å². The van der Waals surface area contributed by atoms with Crippen LogP contribution in [0.4, 0.5) is 11.4 Å². The summed E-state index contributed by atoms with van der Waals surface area (Å²) in [5.41, 5.74) is 5.09. The van der Waals surface area contributed by atoms with Crippen LogP contribution in [0.2, 0.25) is 0 Å². The van der Waals surface area contributed by atoms with Crippen molar-refractivity contribution in [1.29, 1.82) is 5.26 Å². The van der Waals surface area contributed by atoms with E-state index in [-0.39, 0.29) is 4.90 Å². The number of sulfonamides is 1. The monoisotopic (exact) mass is 530 g/mol. The fraction of sp³-hybridized carbons (Fsp3) is 0.185. The number of anilines is 2. The maximum absolute atomic E-state index is 12.6. The third kappa shape index (κ3) is 4.95. The number of aryl methyl sites for hydroxylation is 1. The molecule has 5 aromatic rings. The summed E-state index contributed by atoms with van der Waals surface area (Å²) in [4.78, 5) is 11.6. The Bertz CT molecular complexity index is 1750. The molecule has 0 aliphatic carbocycles. The van der Waals surface area contributed by atoms with Crippen LogP contribution in [0.25, 0.3) is 31.6 Å². The quantitative estimate of drug-likeness (QED) is 0.254. The van der Waals surface area contributed by atoms with Crippen molar-refractivity contribution in [2.75, 3.05) is 32.5 Å². The van der Waals surface area contributed by atoms with E-state index in [1.165, 1.54) is 11.3 Å². The zero-order chi connectivity index (χ0) is 26.2. The Balaban J connectivity index is 1.48. The van der Waals surface area contributed by atoms with E-state index in [1.54, 1.807) is 30.5 Å². The van der Waals surface area contributed by atoms with Crippen molar-refractivity contribution < 1.29 is 8.42 Å². The highest BCUT2D eigenvalue weighted by molar-refractivity contribution is 7.89. The second-order valence-corrected chi connectivity index (χ2v) is 11.8. The Morgan fingerprint density at radius 1 is 1.11 bits per heavy atom. The molecule has 0 saturated heterocycles. The molecule has 0 fully saturated rings. The van der Waals surface area contributed by atoms with Gasteiger partial charge in [0.05, 0.1) is 16.1 Å². The van der Waals surface area contributed by atoms with E-state index in [0.717, 1.165) is 42.8 Å². The molecule has 0 unspecified atom stereocenters. The maximum Gasteiger partial charge on any atom is 0.240 e. The SMILES string of the molecule is Cc1c(Nc2c(C#N)cnc3sc(-c4ccc(S(=O)(=O)NCCN(C)C)cc4)cc23)ccc2[nH]ccc12. The number of hydrogen-bond donors (Lipinski definition) is 3. The highest BCUT2D eigenvalue weighted by atomic mass is 32.2. The molecule has 188 valence electrons. The number of hydrogen-bond acceptors (Lipinski definition) is 7.